The van der Waals surface area contributed by atoms with Crippen molar-refractivity contribution < 1.29 is 9.59 Å². The molecule has 0 unspecified atom stereocenters. The third-order valence-corrected chi connectivity index (χ3v) is 6.68. The Kier molecular flexibility index (Phi) is 6.63. The third kappa shape index (κ3) is 4.34. The molecular weight excluding hydrogens is 372 g/mol. The number of nitrogens with zero attached hydrogens (tertiary/aromatic N) is 1. The average Bonchev–Trinajstić information content (AvgIpc) is 3.04. The van der Waals surface area contributed by atoms with E-state index in [4.69, 9.17) is 0 Å². The first kappa shape index (κ1) is 20.8. The van der Waals surface area contributed by atoms with E-state index in [9.17, 15) is 9.59 Å². The smallest absolute Gasteiger partial charge is 0.261 e. The molecule has 1 N–H and O–H groups in total. The lowest BCUT2D eigenvalue weighted by molar-refractivity contribution is 0.0651. The van der Waals surface area contributed by atoms with Gasteiger partial charge in [0.05, 0.1) is 11.1 Å². The molecule has 0 spiro atoms. The average molecular weight is 405 g/mol. The van der Waals surface area contributed by atoms with Gasteiger partial charge in [0, 0.05) is 12.1 Å². The van der Waals surface area contributed by atoms with Gasteiger partial charge in [0.1, 0.15) is 0 Å². The predicted octanol–water partition coefficient (Wildman–Crippen LogP) is 5.29. The second-order valence-electron chi connectivity index (χ2n) is 8.66. The Balaban J connectivity index is 1.20. The minimum Gasteiger partial charge on any atom is -0.307 e. The molecule has 4 nitrogen and oxygen atoms in total. The van der Waals surface area contributed by atoms with Crippen LogP contribution in [0, 0.1) is 0 Å². The van der Waals surface area contributed by atoms with E-state index in [-0.39, 0.29) is 17.4 Å². The summed E-state index contributed by atoms with van der Waals surface area (Å²) in [5.41, 5.74) is 2.66. The van der Waals surface area contributed by atoms with Crippen LogP contribution >= 0.6 is 0 Å². The van der Waals surface area contributed by atoms with Crippen molar-refractivity contribution in [1.82, 2.24) is 10.2 Å². The van der Waals surface area contributed by atoms with Gasteiger partial charge in [0.25, 0.3) is 11.8 Å². The summed E-state index contributed by atoms with van der Waals surface area (Å²) in [6.45, 7) is 1.54. The lowest BCUT2D eigenvalue weighted by Crippen LogP contribution is -2.44. The molecule has 4 rings (SSSR count). The van der Waals surface area contributed by atoms with Crippen LogP contribution in [0.4, 0.5) is 0 Å². The zero-order valence-electron chi connectivity index (χ0n) is 17.7. The van der Waals surface area contributed by atoms with Crippen molar-refractivity contribution in [3.63, 3.8) is 0 Å². The van der Waals surface area contributed by atoms with Gasteiger partial charge in [-0.25, -0.2) is 0 Å². The zero-order chi connectivity index (χ0) is 20.8. The van der Waals surface area contributed by atoms with Crippen LogP contribution in [-0.2, 0) is 5.54 Å². The van der Waals surface area contributed by atoms with Gasteiger partial charge < -0.3 is 5.32 Å². The fraction of sp³-hybridized carbons (Fsp3) is 0.462. The highest BCUT2D eigenvalue weighted by atomic mass is 16.2. The Morgan fingerprint density at radius 3 is 2.00 bits per heavy atom. The number of nitrogens with one attached hydrogen (secondary N) is 1. The molecule has 1 aliphatic carbocycles. The number of imide groups is 1. The number of amides is 2. The summed E-state index contributed by atoms with van der Waals surface area (Å²) in [7, 11) is 0. The minimum absolute atomic E-state index is 0.139. The number of hydrogen-bond donors (Lipinski definition) is 1. The number of unbranched alkanes of at least 4 members (excludes halogenated alkanes) is 3. The molecule has 1 heterocycles. The van der Waals surface area contributed by atoms with Crippen molar-refractivity contribution in [2.45, 2.75) is 63.3 Å². The molecule has 0 atom stereocenters. The molecule has 2 amide bonds. The van der Waals surface area contributed by atoms with Gasteiger partial charge >= 0.3 is 0 Å². The van der Waals surface area contributed by atoms with Crippen LogP contribution in [0.25, 0.3) is 0 Å². The molecule has 1 fully saturated rings. The van der Waals surface area contributed by atoms with E-state index in [2.05, 4.69) is 35.6 Å². The van der Waals surface area contributed by atoms with Crippen LogP contribution in [0.1, 0.15) is 84.1 Å². The SMILES string of the molecule is O=C1c2ccccc2C(=O)N1CCCCCCNC1(c2ccccc2)CCCCC1. The summed E-state index contributed by atoms with van der Waals surface area (Å²) < 4.78 is 0. The van der Waals surface area contributed by atoms with Gasteiger partial charge in [-0.05, 0) is 49.9 Å². The van der Waals surface area contributed by atoms with E-state index in [1.807, 2.05) is 12.1 Å². The monoisotopic (exact) mass is 404 g/mol. The van der Waals surface area contributed by atoms with Crippen LogP contribution in [-0.4, -0.2) is 29.8 Å². The molecule has 1 saturated carbocycles. The molecular formula is C26H32N2O2. The maximum Gasteiger partial charge on any atom is 0.261 e. The molecule has 0 radical (unpaired) electrons. The Bertz CT molecular complexity index is 837. The first-order valence-corrected chi connectivity index (χ1v) is 11.5. The van der Waals surface area contributed by atoms with E-state index in [1.165, 1.54) is 42.6 Å². The van der Waals surface area contributed by atoms with Crippen LogP contribution in [0.3, 0.4) is 0 Å². The van der Waals surface area contributed by atoms with Gasteiger partial charge in [0.2, 0.25) is 0 Å². The van der Waals surface area contributed by atoms with Crippen molar-refractivity contribution in [2.24, 2.45) is 0 Å². The molecule has 158 valence electrons. The number of hydrogen-bond acceptors (Lipinski definition) is 3. The lowest BCUT2D eigenvalue weighted by atomic mass is 9.76. The standard InChI is InChI=1S/C26H32N2O2/c29-24-22-15-7-8-16-23(22)25(30)28(24)20-12-2-1-11-19-27-26(17-9-4-10-18-26)21-13-5-3-6-14-21/h3,5-8,13-16,27H,1-2,4,9-12,17-20H2. The zero-order valence-corrected chi connectivity index (χ0v) is 17.7. The van der Waals surface area contributed by atoms with Gasteiger partial charge in [-0.1, -0.05) is 74.6 Å². The number of fused-ring (bicyclic) bond motifs is 1. The highest BCUT2D eigenvalue weighted by Gasteiger charge is 2.34. The van der Waals surface area contributed by atoms with Crippen LogP contribution in [0.15, 0.2) is 54.6 Å². The van der Waals surface area contributed by atoms with E-state index < -0.39 is 0 Å². The van der Waals surface area contributed by atoms with Gasteiger partial charge in [-0.2, -0.15) is 0 Å². The summed E-state index contributed by atoms with van der Waals surface area (Å²) in [5, 5.41) is 3.89. The highest BCUT2D eigenvalue weighted by Crippen LogP contribution is 2.37. The number of carbonyl (C=O) groups is 2. The van der Waals surface area contributed by atoms with Crippen LogP contribution in [0.5, 0.6) is 0 Å². The maximum atomic E-state index is 12.4. The van der Waals surface area contributed by atoms with E-state index >= 15 is 0 Å². The summed E-state index contributed by atoms with van der Waals surface area (Å²) >= 11 is 0. The fourth-order valence-corrected chi connectivity index (χ4v) is 5.00. The van der Waals surface area contributed by atoms with Gasteiger partial charge in [-0.15, -0.1) is 0 Å². The van der Waals surface area contributed by atoms with E-state index in [1.54, 1.807) is 12.1 Å². The summed E-state index contributed by atoms with van der Waals surface area (Å²) in [4.78, 5) is 26.2. The second-order valence-corrected chi connectivity index (χ2v) is 8.66. The molecule has 4 heteroatoms. The summed E-state index contributed by atoms with van der Waals surface area (Å²) in [6, 6.07) is 18.0. The van der Waals surface area contributed by atoms with Crippen molar-refractivity contribution in [3.8, 4) is 0 Å². The van der Waals surface area contributed by atoms with E-state index in [0.29, 0.717) is 17.7 Å². The number of benzene rings is 2. The van der Waals surface area contributed by atoms with Gasteiger partial charge in [-0.3, -0.25) is 14.5 Å². The van der Waals surface area contributed by atoms with Crippen molar-refractivity contribution in [1.29, 1.82) is 0 Å². The first-order chi connectivity index (χ1) is 14.7. The van der Waals surface area contributed by atoms with Crippen molar-refractivity contribution >= 4 is 11.8 Å². The molecule has 2 aromatic carbocycles. The summed E-state index contributed by atoms with van der Waals surface area (Å²) in [5.74, 6) is -0.279. The molecule has 2 aliphatic rings. The second kappa shape index (κ2) is 9.57. The first-order valence-electron chi connectivity index (χ1n) is 11.5. The topological polar surface area (TPSA) is 49.4 Å². The normalized spacial score (nSPS) is 17.9. The number of rotatable bonds is 9. The Morgan fingerprint density at radius 2 is 1.33 bits per heavy atom. The molecule has 1 aliphatic heterocycles. The largest absolute Gasteiger partial charge is 0.307 e. The molecule has 0 aromatic heterocycles. The van der Waals surface area contributed by atoms with Gasteiger partial charge in [0.15, 0.2) is 0 Å². The Morgan fingerprint density at radius 1 is 0.733 bits per heavy atom. The quantitative estimate of drug-likeness (QED) is 0.456. The Labute approximate surface area is 179 Å². The van der Waals surface area contributed by atoms with E-state index in [0.717, 1.165) is 32.2 Å². The van der Waals surface area contributed by atoms with Crippen LogP contribution < -0.4 is 5.32 Å². The lowest BCUT2D eigenvalue weighted by Gasteiger charge is -2.39. The van der Waals surface area contributed by atoms with Crippen molar-refractivity contribution in [3.05, 3.63) is 71.3 Å². The maximum absolute atomic E-state index is 12.4. The Hall–Kier alpha value is -2.46. The third-order valence-electron chi connectivity index (χ3n) is 6.68. The fourth-order valence-electron chi connectivity index (χ4n) is 5.00. The molecule has 30 heavy (non-hydrogen) atoms. The molecule has 0 bridgehead atoms. The molecule has 0 saturated heterocycles. The predicted molar refractivity (Wildman–Crippen MR) is 119 cm³/mol. The van der Waals surface area contributed by atoms with Crippen molar-refractivity contribution in [2.75, 3.05) is 13.1 Å². The summed E-state index contributed by atoms with van der Waals surface area (Å²) in [6.07, 6.45) is 10.5. The highest BCUT2D eigenvalue weighted by molar-refractivity contribution is 6.21. The number of carbonyl (C=O) groups excluding carboxylic acids is 2. The molecule has 2 aromatic rings. The minimum atomic E-state index is -0.139. The van der Waals surface area contributed by atoms with Crippen LogP contribution in [0.2, 0.25) is 0 Å².